The average Bonchev–Trinajstić information content (AvgIpc) is 2.67. The summed E-state index contributed by atoms with van der Waals surface area (Å²) in [5.74, 6) is 9.76. The highest BCUT2D eigenvalue weighted by molar-refractivity contribution is 5.67. The Balaban J connectivity index is 4.10. The number of rotatable bonds is 14. The summed E-state index contributed by atoms with van der Waals surface area (Å²) in [5, 5.41) is 0. The minimum Gasteiger partial charge on any atom is -0.466 e. The van der Waals surface area contributed by atoms with Crippen LogP contribution in [0.5, 0.6) is 0 Å². The van der Waals surface area contributed by atoms with Crippen LogP contribution in [0.1, 0.15) is 78.6 Å². The number of esters is 3. The molecule has 0 aromatic heterocycles. The Bertz CT molecular complexity index is 659. The van der Waals surface area contributed by atoms with E-state index < -0.39 is 18.2 Å². The third-order valence-electron chi connectivity index (χ3n) is 3.99. The van der Waals surface area contributed by atoms with Crippen molar-refractivity contribution in [2.45, 2.75) is 90.8 Å². The van der Waals surface area contributed by atoms with E-state index in [2.05, 4.69) is 30.3 Å². The van der Waals surface area contributed by atoms with E-state index in [4.69, 9.17) is 14.2 Å². The van der Waals surface area contributed by atoms with Crippen LogP contribution in [0.3, 0.4) is 0 Å². The SMILES string of the molecule is C=CC(C#CC#CC(CCCCCCCCCCOC(C)=O)OC(C)=O)OC(C)=O. The predicted molar refractivity (Wildman–Crippen MR) is 115 cm³/mol. The normalized spacial score (nSPS) is 11.6. The molecule has 0 bridgehead atoms. The van der Waals surface area contributed by atoms with Crippen LogP contribution in [0.2, 0.25) is 0 Å². The Morgan fingerprint density at radius 1 is 0.767 bits per heavy atom. The Labute approximate surface area is 180 Å². The number of hydrogen-bond acceptors (Lipinski definition) is 6. The van der Waals surface area contributed by atoms with Gasteiger partial charge in [0, 0.05) is 20.8 Å². The van der Waals surface area contributed by atoms with E-state index in [-0.39, 0.29) is 11.9 Å². The average molecular weight is 419 g/mol. The first-order valence-corrected chi connectivity index (χ1v) is 10.5. The molecule has 2 unspecified atom stereocenters. The second kappa shape index (κ2) is 18.3. The summed E-state index contributed by atoms with van der Waals surface area (Å²) in [6.07, 6.45) is 9.40. The second-order valence-corrected chi connectivity index (χ2v) is 6.86. The Kier molecular flexibility index (Phi) is 16.6. The number of unbranched alkanes of at least 4 members (excludes halogenated alkanes) is 7. The first-order valence-electron chi connectivity index (χ1n) is 10.5. The van der Waals surface area contributed by atoms with E-state index in [0.29, 0.717) is 13.0 Å². The van der Waals surface area contributed by atoms with Crippen molar-refractivity contribution in [3.05, 3.63) is 12.7 Å². The van der Waals surface area contributed by atoms with Crippen LogP contribution >= 0.6 is 0 Å². The minimum atomic E-state index is -0.703. The van der Waals surface area contributed by atoms with Crippen molar-refractivity contribution in [1.82, 2.24) is 0 Å². The van der Waals surface area contributed by atoms with Gasteiger partial charge in [-0.15, -0.1) is 0 Å². The lowest BCUT2D eigenvalue weighted by Gasteiger charge is -2.10. The summed E-state index contributed by atoms with van der Waals surface area (Å²) < 4.78 is 15.0. The fourth-order valence-electron chi connectivity index (χ4n) is 2.61. The van der Waals surface area contributed by atoms with E-state index in [9.17, 15) is 14.4 Å². The largest absolute Gasteiger partial charge is 0.466 e. The maximum atomic E-state index is 11.3. The van der Waals surface area contributed by atoms with Crippen LogP contribution in [0.25, 0.3) is 0 Å². The van der Waals surface area contributed by atoms with Crippen LogP contribution < -0.4 is 0 Å². The zero-order valence-corrected chi connectivity index (χ0v) is 18.5. The van der Waals surface area contributed by atoms with Gasteiger partial charge in [0.05, 0.1) is 6.61 Å². The molecule has 166 valence electrons. The summed E-state index contributed by atoms with van der Waals surface area (Å²) in [4.78, 5) is 32.8. The highest BCUT2D eigenvalue weighted by Crippen LogP contribution is 2.12. The molecule has 0 radical (unpaired) electrons. The number of carbonyl (C=O) groups excluding carboxylic acids is 3. The first-order chi connectivity index (χ1) is 14.3. The maximum absolute atomic E-state index is 11.3. The van der Waals surface area contributed by atoms with E-state index >= 15 is 0 Å². The van der Waals surface area contributed by atoms with E-state index in [1.165, 1.54) is 26.8 Å². The van der Waals surface area contributed by atoms with Gasteiger partial charge in [0.15, 0.2) is 12.2 Å². The van der Waals surface area contributed by atoms with Gasteiger partial charge < -0.3 is 14.2 Å². The molecule has 0 saturated carbocycles. The molecule has 0 spiro atoms. The Morgan fingerprint density at radius 2 is 1.30 bits per heavy atom. The van der Waals surface area contributed by atoms with Crippen LogP contribution in [-0.4, -0.2) is 36.7 Å². The van der Waals surface area contributed by atoms with Crippen molar-refractivity contribution in [2.24, 2.45) is 0 Å². The topological polar surface area (TPSA) is 78.9 Å². The van der Waals surface area contributed by atoms with Crippen molar-refractivity contribution < 1.29 is 28.6 Å². The standard InChI is InChI=1S/C24H34O6/c1-5-23(29-21(3)26)16-13-14-18-24(30-22(4)27)17-12-10-8-6-7-9-11-15-19-28-20(2)25/h5,23-24H,1,6-12,15,17,19H2,2-4H3. The second-order valence-electron chi connectivity index (χ2n) is 6.86. The summed E-state index contributed by atoms with van der Waals surface area (Å²) in [6.45, 7) is 8.14. The van der Waals surface area contributed by atoms with E-state index in [0.717, 1.165) is 51.4 Å². The molecule has 0 saturated heterocycles. The van der Waals surface area contributed by atoms with Crippen molar-refractivity contribution in [3.63, 3.8) is 0 Å². The van der Waals surface area contributed by atoms with Gasteiger partial charge in [-0.25, -0.2) is 0 Å². The Hall–Kier alpha value is -2.73. The number of carbonyl (C=O) groups is 3. The molecule has 0 aliphatic rings. The van der Waals surface area contributed by atoms with E-state index in [1.807, 2.05) is 0 Å². The molecule has 0 heterocycles. The van der Waals surface area contributed by atoms with Crippen molar-refractivity contribution in [3.8, 4) is 23.7 Å². The molecule has 6 nitrogen and oxygen atoms in total. The molecule has 0 aromatic carbocycles. The fraction of sp³-hybridized carbons (Fsp3) is 0.625. The molecule has 0 aliphatic heterocycles. The van der Waals surface area contributed by atoms with Crippen molar-refractivity contribution in [2.75, 3.05) is 6.61 Å². The lowest BCUT2D eigenvalue weighted by atomic mass is 10.1. The molecule has 0 rings (SSSR count). The van der Waals surface area contributed by atoms with Gasteiger partial charge >= 0.3 is 17.9 Å². The third-order valence-corrected chi connectivity index (χ3v) is 3.99. The highest BCUT2D eigenvalue weighted by Gasteiger charge is 2.08. The number of hydrogen-bond donors (Lipinski definition) is 0. The number of ether oxygens (including phenoxy) is 3. The van der Waals surface area contributed by atoms with Gasteiger partial charge in [-0.3, -0.25) is 14.4 Å². The molecule has 0 aromatic rings. The molecule has 0 fully saturated rings. The van der Waals surface area contributed by atoms with Gasteiger partial charge in [-0.1, -0.05) is 45.1 Å². The lowest BCUT2D eigenvalue weighted by molar-refractivity contribution is -0.144. The molecule has 30 heavy (non-hydrogen) atoms. The minimum absolute atomic E-state index is 0.221. The zero-order valence-electron chi connectivity index (χ0n) is 18.5. The summed E-state index contributed by atoms with van der Waals surface area (Å²) in [7, 11) is 0. The first kappa shape index (κ1) is 27.3. The molecule has 0 N–H and O–H groups in total. The molecule has 2 atom stereocenters. The van der Waals surface area contributed by atoms with Gasteiger partial charge in [0.1, 0.15) is 0 Å². The summed E-state index contributed by atoms with van der Waals surface area (Å²) in [6, 6.07) is 0. The quantitative estimate of drug-likeness (QED) is 0.139. The summed E-state index contributed by atoms with van der Waals surface area (Å²) in [5.41, 5.74) is 0. The monoisotopic (exact) mass is 418 g/mol. The zero-order chi connectivity index (χ0) is 22.6. The van der Waals surface area contributed by atoms with Crippen LogP contribution in [-0.2, 0) is 28.6 Å². The Morgan fingerprint density at radius 3 is 1.83 bits per heavy atom. The predicted octanol–water partition coefficient (Wildman–Crippen LogP) is 4.12. The molecule has 0 amide bonds. The molecule has 0 aliphatic carbocycles. The van der Waals surface area contributed by atoms with Crippen LogP contribution in [0.15, 0.2) is 12.7 Å². The highest BCUT2D eigenvalue weighted by atomic mass is 16.5. The third kappa shape index (κ3) is 18.6. The lowest BCUT2D eigenvalue weighted by Crippen LogP contribution is -2.14. The van der Waals surface area contributed by atoms with Crippen LogP contribution in [0.4, 0.5) is 0 Å². The van der Waals surface area contributed by atoms with Crippen molar-refractivity contribution in [1.29, 1.82) is 0 Å². The summed E-state index contributed by atoms with van der Waals surface area (Å²) >= 11 is 0. The van der Waals surface area contributed by atoms with E-state index in [1.54, 1.807) is 0 Å². The van der Waals surface area contributed by atoms with Crippen LogP contribution in [0, 0.1) is 23.7 Å². The maximum Gasteiger partial charge on any atom is 0.304 e. The smallest absolute Gasteiger partial charge is 0.304 e. The van der Waals surface area contributed by atoms with Gasteiger partial charge in [-0.2, -0.15) is 0 Å². The van der Waals surface area contributed by atoms with Gasteiger partial charge in [0.25, 0.3) is 0 Å². The van der Waals surface area contributed by atoms with Gasteiger partial charge in [0.2, 0.25) is 0 Å². The molecule has 6 heteroatoms. The van der Waals surface area contributed by atoms with Crippen molar-refractivity contribution >= 4 is 17.9 Å². The molecular formula is C24H34O6. The molecular weight excluding hydrogens is 384 g/mol. The van der Waals surface area contributed by atoms with Gasteiger partial charge in [-0.05, 0) is 49.0 Å². The fourth-order valence-corrected chi connectivity index (χ4v) is 2.61.